The van der Waals surface area contributed by atoms with Crippen LogP contribution in [0.2, 0.25) is 0 Å². The van der Waals surface area contributed by atoms with Gasteiger partial charge in [-0.05, 0) is 60.9 Å². The summed E-state index contributed by atoms with van der Waals surface area (Å²) in [5.74, 6) is 3.18. The van der Waals surface area contributed by atoms with Crippen molar-refractivity contribution in [1.29, 1.82) is 0 Å². The average Bonchev–Trinajstić information content (AvgIpc) is 3.49. The normalized spacial score (nSPS) is 15.3. The number of carbonyl (C=O) groups excluding carboxylic acids is 1. The molecule has 1 fully saturated rings. The second-order valence-corrected chi connectivity index (χ2v) is 7.58. The highest BCUT2D eigenvalue weighted by Gasteiger charge is 2.51. The number of ether oxygens (including phenoxy) is 4. The van der Waals surface area contributed by atoms with Gasteiger partial charge in [-0.3, -0.25) is 4.79 Å². The molecule has 3 aromatic rings. The first-order valence-electron chi connectivity index (χ1n) is 10.0. The van der Waals surface area contributed by atoms with Gasteiger partial charge in [-0.1, -0.05) is 12.1 Å². The first-order chi connectivity index (χ1) is 15.1. The van der Waals surface area contributed by atoms with Gasteiger partial charge in [0.15, 0.2) is 11.5 Å². The lowest BCUT2D eigenvalue weighted by Gasteiger charge is -2.16. The summed E-state index contributed by atoms with van der Waals surface area (Å²) in [7, 11) is 3.22. The molecule has 7 heteroatoms. The molecule has 0 unspecified atom stereocenters. The number of pyridine rings is 1. The molecule has 1 aliphatic heterocycles. The molecule has 5 rings (SSSR count). The number of aromatic nitrogens is 1. The predicted molar refractivity (Wildman–Crippen MR) is 115 cm³/mol. The van der Waals surface area contributed by atoms with Crippen molar-refractivity contribution in [3.8, 4) is 34.3 Å². The summed E-state index contributed by atoms with van der Waals surface area (Å²) in [5, 5.41) is 2.99. The van der Waals surface area contributed by atoms with Crippen LogP contribution in [0.4, 0.5) is 5.82 Å². The fourth-order valence-corrected chi connectivity index (χ4v) is 3.87. The number of nitrogens with zero attached hydrogens (tertiary/aromatic N) is 1. The second-order valence-electron chi connectivity index (χ2n) is 7.58. The smallest absolute Gasteiger partial charge is 0.236 e. The van der Waals surface area contributed by atoms with Crippen LogP contribution in [-0.2, 0) is 10.2 Å². The molecule has 1 aromatic heterocycles. The average molecular weight is 418 g/mol. The number of hydrogen-bond donors (Lipinski definition) is 1. The van der Waals surface area contributed by atoms with Gasteiger partial charge in [0.2, 0.25) is 12.7 Å². The lowest BCUT2D eigenvalue weighted by atomic mass is 9.94. The summed E-state index contributed by atoms with van der Waals surface area (Å²) in [4.78, 5) is 17.8. The fourth-order valence-electron chi connectivity index (χ4n) is 3.87. The molecule has 0 bridgehead atoms. The standard InChI is InChI=1S/C24H22N2O5/c1-28-16-7-9-19(29-2)17(13-16)18-4-3-5-22(25-18)26-23(27)24(10-11-24)15-6-8-20-21(12-15)31-14-30-20/h3-9,12-13H,10-11,14H2,1-2H3,(H,25,26,27). The first kappa shape index (κ1) is 19.2. The minimum Gasteiger partial charge on any atom is -0.497 e. The van der Waals surface area contributed by atoms with Crippen LogP contribution in [0.1, 0.15) is 18.4 Å². The molecule has 0 spiro atoms. The Balaban J connectivity index is 1.41. The van der Waals surface area contributed by atoms with Gasteiger partial charge in [0.1, 0.15) is 17.3 Å². The van der Waals surface area contributed by atoms with Crippen molar-refractivity contribution in [1.82, 2.24) is 4.98 Å². The molecule has 158 valence electrons. The van der Waals surface area contributed by atoms with E-state index in [1.165, 1.54) is 0 Å². The third kappa shape index (κ3) is 3.42. The van der Waals surface area contributed by atoms with Gasteiger partial charge in [-0.25, -0.2) is 4.98 Å². The second kappa shape index (κ2) is 7.50. The largest absolute Gasteiger partial charge is 0.497 e. The van der Waals surface area contributed by atoms with E-state index in [0.717, 1.165) is 24.0 Å². The van der Waals surface area contributed by atoms with Crippen molar-refractivity contribution in [2.24, 2.45) is 0 Å². The van der Waals surface area contributed by atoms with Crippen molar-refractivity contribution in [3.63, 3.8) is 0 Å². The maximum atomic E-state index is 13.2. The maximum absolute atomic E-state index is 13.2. The molecular formula is C24H22N2O5. The third-order valence-corrected chi connectivity index (χ3v) is 5.78. The molecule has 1 amide bonds. The lowest BCUT2D eigenvalue weighted by Crippen LogP contribution is -2.28. The molecule has 2 aliphatic rings. The van der Waals surface area contributed by atoms with E-state index in [-0.39, 0.29) is 12.7 Å². The van der Waals surface area contributed by atoms with Crippen LogP contribution >= 0.6 is 0 Å². The van der Waals surface area contributed by atoms with Gasteiger partial charge in [-0.2, -0.15) is 0 Å². The first-order valence-corrected chi connectivity index (χ1v) is 10.0. The Bertz CT molecular complexity index is 1160. The van der Waals surface area contributed by atoms with E-state index < -0.39 is 5.41 Å². The van der Waals surface area contributed by atoms with Gasteiger partial charge in [-0.15, -0.1) is 0 Å². The van der Waals surface area contributed by atoms with Gasteiger partial charge in [0, 0.05) is 5.56 Å². The van der Waals surface area contributed by atoms with E-state index >= 15 is 0 Å². The van der Waals surface area contributed by atoms with E-state index in [1.807, 2.05) is 48.5 Å². The van der Waals surface area contributed by atoms with Gasteiger partial charge >= 0.3 is 0 Å². The Morgan fingerprint density at radius 1 is 1.00 bits per heavy atom. The van der Waals surface area contributed by atoms with Crippen molar-refractivity contribution in [2.75, 3.05) is 26.3 Å². The van der Waals surface area contributed by atoms with Crippen molar-refractivity contribution >= 4 is 11.7 Å². The highest BCUT2D eigenvalue weighted by molar-refractivity contribution is 6.01. The molecular weight excluding hydrogens is 396 g/mol. The number of amides is 1. The Morgan fingerprint density at radius 3 is 2.61 bits per heavy atom. The molecule has 0 saturated heterocycles. The summed E-state index contributed by atoms with van der Waals surface area (Å²) in [6.07, 6.45) is 1.56. The number of fused-ring (bicyclic) bond motifs is 1. The van der Waals surface area contributed by atoms with Gasteiger partial charge in [0.25, 0.3) is 0 Å². The van der Waals surface area contributed by atoms with Crippen molar-refractivity contribution in [2.45, 2.75) is 18.3 Å². The molecule has 1 N–H and O–H groups in total. The minimum absolute atomic E-state index is 0.0753. The maximum Gasteiger partial charge on any atom is 0.236 e. The molecule has 31 heavy (non-hydrogen) atoms. The molecule has 2 heterocycles. The topological polar surface area (TPSA) is 78.9 Å². The molecule has 0 atom stereocenters. The highest BCUT2D eigenvalue weighted by atomic mass is 16.7. The van der Waals surface area contributed by atoms with Crippen LogP contribution < -0.4 is 24.3 Å². The zero-order chi connectivity index (χ0) is 21.4. The number of hydrogen-bond acceptors (Lipinski definition) is 6. The highest BCUT2D eigenvalue weighted by Crippen LogP contribution is 2.51. The minimum atomic E-state index is -0.563. The summed E-state index contributed by atoms with van der Waals surface area (Å²) in [6.45, 7) is 0.211. The summed E-state index contributed by atoms with van der Waals surface area (Å²) in [6, 6.07) is 16.7. The van der Waals surface area contributed by atoms with E-state index in [2.05, 4.69) is 10.3 Å². The van der Waals surface area contributed by atoms with Crippen LogP contribution in [0.15, 0.2) is 54.6 Å². The monoisotopic (exact) mass is 418 g/mol. The lowest BCUT2D eigenvalue weighted by molar-refractivity contribution is -0.118. The summed E-state index contributed by atoms with van der Waals surface area (Å²) < 4.78 is 21.7. The summed E-state index contributed by atoms with van der Waals surface area (Å²) in [5.41, 5.74) is 1.84. The van der Waals surface area contributed by atoms with E-state index in [0.29, 0.717) is 34.5 Å². The van der Waals surface area contributed by atoms with Crippen LogP contribution in [0, 0.1) is 0 Å². The van der Waals surface area contributed by atoms with Crippen LogP contribution in [0.3, 0.4) is 0 Å². The number of carbonyl (C=O) groups is 1. The van der Waals surface area contributed by atoms with Gasteiger partial charge < -0.3 is 24.3 Å². The van der Waals surface area contributed by atoms with Crippen molar-refractivity contribution < 1.29 is 23.7 Å². The Labute approximate surface area is 179 Å². The summed E-state index contributed by atoms with van der Waals surface area (Å²) >= 11 is 0. The zero-order valence-electron chi connectivity index (χ0n) is 17.3. The Kier molecular flexibility index (Phi) is 4.66. The Hall–Kier alpha value is -3.74. The van der Waals surface area contributed by atoms with Crippen molar-refractivity contribution in [3.05, 3.63) is 60.2 Å². The van der Waals surface area contributed by atoms with E-state index in [9.17, 15) is 4.79 Å². The number of nitrogens with one attached hydrogen (secondary N) is 1. The fraction of sp³-hybridized carbons (Fsp3) is 0.250. The van der Waals surface area contributed by atoms with Crippen LogP contribution in [0.25, 0.3) is 11.3 Å². The van der Waals surface area contributed by atoms with E-state index in [1.54, 1.807) is 20.3 Å². The number of rotatable bonds is 6. The number of methoxy groups -OCH3 is 2. The molecule has 1 saturated carbocycles. The number of benzene rings is 2. The number of anilines is 1. The predicted octanol–water partition coefficient (Wildman–Crippen LogP) is 4.16. The molecule has 0 radical (unpaired) electrons. The van der Waals surface area contributed by atoms with Crippen LogP contribution in [-0.4, -0.2) is 31.9 Å². The molecule has 7 nitrogen and oxygen atoms in total. The van der Waals surface area contributed by atoms with E-state index in [4.69, 9.17) is 18.9 Å². The molecule has 2 aromatic carbocycles. The zero-order valence-corrected chi connectivity index (χ0v) is 17.3. The third-order valence-electron chi connectivity index (χ3n) is 5.78. The molecule has 1 aliphatic carbocycles. The quantitative estimate of drug-likeness (QED) is 0.648. The Morgan fingerprint density at radius 2 is 1.84 bits per heavy atom. The van der Waals surface area contributed by atoms with Crippen LogP contribution in [0.5, 0.6) is 23.0 Å². The van der Waals surface area contributed by atoms with Gasteiger partial charge in [0.05, 0.1) is 25.3 Å². The SMILES string of the molecule is COc1ccc(OC)c(-c2cccc(NC(=O)C3(c4ccc5c(c4)OCO5)CC3)n2)c1.